The topological polar surface area (TPSA) is 70.1 Å². The Hall–Kier alpha value is -2.01. The molecule has 5 nitrogen and oxygen atoms in total. The highest BCUT2D eigenvalue weighted by atomic mass is 35.5. The van der Waals surface area contributed by atoms with E-state index in [9.17, 15) is 5.11 Å². The minimum atomic E-state index is -0.115. The van der Waals surface area contributed by atoms with Crippen molar-refractivity contribution in [3.05, 3.63) is 35.0 Å². The number of phenols is 1. The van der Waals surface area contributed by atoms with Crippen LogP contribution in [0.3, 0.4) is 0 Å². The van der Waals surface area contributed by atoms with Gasteiger partial charge >= 0.3 is 0 Å². The van der Waals surface area contributed by atoms with Crippen LogP contribution < -0.4 is 10.6 Å². The molecule has 0 spiro atoms. The second-order valence-corrected chi connectivity index (χ2v) is 7.35. The molecule has 1 aliphatic rings. The molecular formula is C17H21ClN4O. The van der Waals surface area contributed by atoms with Crippen molar-refractivity contribution in [1.29, 1.82) is 0 Å². The van der Waals surface area contributed by atoms with E-state index in [0.717, 1.165) is 5.69 Å². The molecule has 6 heteroatoms. The lowest BCUT2D eigenvalue weighted by Gasteiger charge is -2.21. The highest BCUT2D eigenvalue weighted by Crippen LogP contribution is 2.40. The van der Waals surface area contributed by atoms with Gasteiger partial charge in [0.1, 0.15) is 11.6 Å². The molecule has 0 radical (unpaired) electrons. The van der Waals surface area contributed by atoms with Gasteiger partial charge in [-0.2, -0.15) is 4.98 Å². The molecule has 0 saturated heterocycles. The fourth-order valence-corrected chi connectivity index (χ4v) is 2.47. The number of aromatic nitrogens is 2. The van der Waals surface area contributed by atoms with E-state index < -0.39 is 0 Å². The quantitative estimate of drug-likeness (QED) is 0.710. The summed E-state index contributed by atoms with van der Waals surface area (Å²) in [5.74, 6) is 1.96. The van der Waals surface area contributed by atoms with E-state index >= 15 is 0 Å². The molecule has 2 aromatic rings. The summed E-state index contributed by atoms with van der Waals surface area (Å²) >= 11 is 6.16. The third-order valence-electron chi connectivity index (χ3n) is 3.44. The zero-order valence-electron chi connectivity index (χ0n) is 13.5. The summed E-state index contributed by atoms with van der Waals surface area (Å²) in [6, 6.07) is 6.79. The van der Waals surface area contributed by atoms with Crippen molar-refractivity contribution < 1.29 is 5.11 Å². The monoisotopic (exact) mass is 332 g/mol. The van der Waals surface area contributed by atoms with Crippen LogP contribution in [0.15, 0.2) is 24.3 Å². The molecule has 1 heterocycles. The number of anilines is 3. The maximum Gasteiger partial charge on any atom is 0.225 e. The third kappa shape index (κ3) is 4.26. The molecule has 1 aromatic carbocycles. The van der Waals surface area contributed by atoms with Gasteiger partial charge in [0.25, 0.3) is 0 Å². The lowest BCUT2D eigenvalue weighted by molar-refractivity contribution is 0.475. The highest BCUT2D eigenvalue weighted by molar-refractivity contribution is 6.33. The summed E-state index contributed by atoms with van der Waals surface area (Å²) in [4.78, 5) is 9.16. The molecule has 0 aliphatic heterocycles. The molecular weight excluding hydrogens is 312 g/mol. The smallest absolute Gasteiger partial charge is 0.225 e. The summed E-state index contributed by atoms with van der Waals surface area (Å²) in [5, 5.41) is 16.4. The van der Waals surface area contributed by atoms with Gasteiger partial charge < -0.3 is 15.7 Å². The van der Waals surface area contributed by atoms with Crippen LogP contribution in [0.5, 0.6) is 5.75 Å². The lowest BCUT2D eigenvalue weighted by atomic mass is 10.1. The second kappa shape index (κ2) is 5.89. The molecule has 3 rings (SSSR count). The van der Waals surface area contributed by atoms with Gasteiger partial charge in [-0.3, -0.25) is 0 Å². The van der Waals surface area contributed by atoms with E-state index in [1.54, 1.807) is 12.1 Å². The number of benzene rings is 1. The van der Waals surface area contributed by atoms with Crippen LogP contribution in [-0.2, 0) is 0 Å². The summed E-state index contributed by atoms with van der Waals surface area (Å²) in [5.41, 5.74) is 1.63. The van der Waals surface area contributed by atoms with Crippen LogP contribution in [0.2, 0.25) is 5.02 Å². The van der Waals surface area contributed by atoms with Crippen molar-refractivity contribution in [1.82, 2.24) is 9.97 Å². The Kier molecular flexibility index (Phi) is 4.06. The largest absolute Gasteiger partial charge is 0.508 e. The van der Waals surface area contributed by atoms with Crippen LogP contribution in [-0.4, -0.2) is 20.6 Å². The highest BCUT2D eigenvalue weighted by Gasteiger charge is 2.26. The van der Waals surface area contributed by atoms with Gasteiger partial charge in [0.2, 0.25) is 5.95 Å². The molecule has 3 N–H and O–H groups in total. The zero-order valence-corrected chi connectivity index (χ0v) is 14.3. The predicted octanol–water partition coefficient (Wildman–Crippen LogP) is 4.67. The van der Waals surface area contributed by atoms with Crippen LogP contribution in [0.4, 0.5) is 17.5 Å². The number of phenolic OH excluding ortho intramolecular Hbond substituents is 1. The van der Waals surface area contributed by atoms with E-state index in [-0.39, 0.29) is 11.3 Å². The van der Waals surface area contributed by atoms with Crippen LogP contribution in [0.25, 0.3) is 0 Å². The molecule has 1 fully saturated rings. The first kappa shape index (κ1) is 15.9. The Labute approximate surface area is 141 Å². The van der Waals surface area contributed by atoms with Gasteiger partial charge in [-0.25, -0.2) is 4.98 Å². The number of nitrogens with zero attached hydrogens (tertiary/aromatic N) is 2. The molecule has 1 saturated carbocycles. The maximum atomic E-state index is 9.45. The molecule has 1 aromatic heterocycles. The van der Waals surface area contributed by atoms with Crippen molar-refractivity contribution in [3.63, 3.8) is 0 Å². The minimum absolute atomic E-state index is 0.115. The van der Waals surface area contributed by atoms with Gasteiger partial charge in [0.05, 0.1) is 16.4 Å². The van der Waals surface area contributed by atoms with Crippen LogP contribution in [0.1, 0.15) is 45.2 Å². The van der Waals surface area contributed by atoms with Gasteiger partial charge in [0, 0.05) is 23.6 Å². The van der Waals surface area contributed by atoms with Crippen LogP contribution in [0, 0.1) is 0 Å². The Morgan fingerprint density at radius 1 is 1.17 bits per heavy atom. The molecule has 0 unspecified atom stereocenters. The molecule has 0 atom stereocenters. The van der Waals surface area contributed by atoms with Crippen LogP contribution >= 0.6 is 11.6 Å². The summed E-state index contributed by atoms with van der Waals surface area (Å²) < 4.78 is 0. The molecule has 1 aliphatic carbocycles. The number of hydrogen-bond donors (Lipinski definition) is 3. The van der Waals surface area contributed by atoms with Crippen molar-refractivity contribution in [3.8, 4) is 5.75 Å². The molecule has 0 bridgehead atoms. The normalized spacial score (nSPS) is 14.6. The standard InChI is InChI=1S/C17H21ClN4O/c1-17(2,3)22-16-20-14(10-4-5-10)9-15(21-16)19-13-7-6-11(23)8-12(13)18/h6-10,23H,4-5H2,1-3H3,(H2,19,20,21,22). The molecule has 0 amide bonds. The predicted molar refractivity (Wildman–Crippen MR) is 93.8 cm³/mol. The zero-order chi connectivity index (χ0) is 16.6. The average Bonchev–Trinajstić information content (AvgIpc) is 3.24. The number of nitrogens with one attached hydrogen (secondary N) is 2. The van der Waals surface area contributed by atoms with Gasteiger partial charge in [-0.1, -0.05) is 11.6 Å². The fourth-order valence-electron chi connectivity index (χ4n) is 2.25. The van der Waals surface area contributed by atoms with Gasteiger partial charge in [-0.15, -0.1) is 0 Å². The summed E-state index contributed by atoms with van der Waals surface area (Å²) in [6.45, 7) is 6.22. The minimum Gasteiger partial charge on any atom is -0.508 e. The Morgan fingerprint density at radius 3 is 2.52 bits per heavy atom. The Bertz CT molecular complexity index is 723. The summed E-state index contributed by atoms with van der Waals surface area (Å²) in [7, 11) is 0. The van der Waals surface area contributed by atoms with Gasteiger partial charge in [-0.05, 0) is 45.7 Å². The Balaban J connectivity index is 1.91. The van der Waals surface area contributed by atoms with E-state index in [1.165, 1.54) is 18.9 Å². The third-order valence-corrected chi connectivity index (χ3v) is 3.76. The van der Waals surface area contributed by atoms with E-state index in [2.05, 4.69) is 41.4 Å². The second-order valence-electron chi connectivity index (χ2n) is 6.94. The first-order chi connectivity index (χ1) is 10.8. The maximum absolute atomic E-state index is 9.45. The summed E-state index contributed by atoms with van der Waals surface area (Å²) in [6.07, 6.45) is 2.34. The number of hydrogen-bond acceptors (Lipinski definition) is 5. The Morgan fingerprint density at radius 2 is 1.91 bits per heavy atom. The van der Waals surface area contributed by atoms with Crippen molar-refractivity contribution in [2.24, 2.45) is 0 Å². The number of rotatable bonds is 4. The van der Waals surface area contributed by atoms with Gasteiger partial charge in [0.15, 0.2) is 0 Å². The molecule has 122 valence electrons. The number of halogens is 1. The SMILES string of the molecule is CC(C)(C)Nc1nc(Nc2ccc(O)cc2Cl)cc(C2CC2)n1. The average molecular weight is 333 g/mol. The van der Waals surface area contributed by atoms with E-state index in [0.29, 0.717) is 28.4 Å². The van der Waals surface area contributed by atoms with Crippen molar-refractivity contribution >= 4 is 29.1 Å². The lowest BCUT2D eigenvalue weighted by Crippen LogP contribution is -2.27. The van der Waals surface area contributed by atoms with Crippen molar-refractivity contribution in [2.75, 3.05) is 10.6 Å². The number of aromatic hydroxyl groups is 1. The van der Waals surface area contributed by atoms with Crippen molar-refractivity contribution in [2.45, 2.75) is 45.1 Å². The first-order valence-electron chi connectivity index (χ1n) is 7.73. The van der Waals surface area contributed by atoms with E-state index in [4.69, 9.17) is 11.6 Å². The fraction of sp³-hybridized carbons (Fsp3) is 0.412. The van der Waals surface area contributed by atoms with E-state index in [1.807, 2.05) is 6.07 Å². The first-order valence-corrected chi connectivity index (χ1v) is 8.11. The molecule has 23 heavy (non-hydrogen) atoms.